The summed E-state index contributed by atoms with van der Waals surface area (Å²) in [4.78, 5) is 0. The first-order chi connectivity index (χ1) is 15.7. The van der Waals surface area contributed by atoms with Gasteiger partial charge in [0, 0.05) is 11.8 Å². The van der Waals surface area contributed by atoms with E-state index in [1.807, 2.05) is 0 Å². The second-order valence-electron chi connectivity index (χ2n) is 11.6. The molecular formula is C29H47BrO3. The van der Waals surface area contributed by atoms with Crippen LogP contribution in [0.5, 0.6) is 0 Å². The van der Waals surface area contributed by atoms with Gasteiger partial charge in [0.15, 0.2) is 0 Å². The van der Waals surface area contributed by atoms with E-state index in [4.69, 9.17) is 4.74 Å². The van der Waals surface area contributed by atoms with E-state index in [2.05, 4.69) is 62.4 Å². The zero-order valence-electron chi connectivity index (χ0n) is 21.4. The van der Waals surface area contributed by atoms with Gasteiger partial charge in [0.2, 0.25) is 0 Å². The van der Waals surface area contributed by atoms with Gasteiger partial charge in [0.25, 0.3) is 0 Å². The number of hydrogen-bond acceptors (Lipinski definition) is 3. The monoisotopic (exact) mass is 522 g/mol. The highest BCUT2D eigenvalue weighted by atomic mass is 79.9. The van der Waals surface area contributed by atoms with Crippen LogP contribution < -0.4 is 0 Å². The van der Waals surface area contributed by atoms with Gasteiger partial charge in [0.1, 0.15) is 12.2 Å². The van der Waals surface area contributed by atoms with Crippen molar-refractivity contribution in [3.05, 3.63) is 35.5 Å². The molecule has 3 fully saturated rings. The minimum atomic E-state index is -0.850. The predicted molar refractivity (Wildman–Crippen MR) is 141 cm³/mol. The summed E-state index contributed by atoms with van der Waals surface area (Å²) in [5.41, 5.74) is 3.64. The second-order valence-corrected chi connectivity index (χ2v) is 12.4. The minimum Gasteiger partial charge on any atom is -0.390 e. The molecule has 3 saturated carbocycles. The Bertz CT molecular complexity index is 726. The maximum atomic E-state index is 10.7. The Kier molecular flexibility index (Phi) is 9.89. The summed E-state index contributed by atoms with van der Waals surface area (Å²) in [6.07, 6.45) is 13.3. The number of aliphatic hydroxyl groups is 2. The lowest BCUT2D eigenvalue weighted by Gasteiger charge is -2.44. The average Bonchev–Trinajstić information content (AvgIpc) is 3.12. The zero-order valence-corrected chi connectivity index (χ0v) is 22.9. The summed E-state index contributed by atoms with van der Waals surface area (Å²) in [6.45, 7) is 14.3. The molecule has 0 aliphatic heterocycles. The van der Waals surface area contributed by atoms with Crippen molar-refractivity contribution in [2.24, 2.45) is 29.1 Å². The fraction of sp³-hybridized carbons (Fsp3) is 0.793. The molecule has 3 aliphatic carbocycles. The quantitative estimate of drug-likeness (QED) is 0.321. The van der Waals surface area contributed by atoms with Crippen LogP contribution in [-0.4, -0.2) is 40.5 Å². The smallest absolute Gasteiger partial charge is 0.114 e. The number of rotatable bonds is 9. The minimum absolute atomic E-state index is 0.414. The standard InChI is InChI=1S/C29H47BrO3/c1-19(2)8-6-9-20(3)24-13-14-25-22(10-7-15-29(24,25)5)11-12-23-18-26(31)28(33-17-16-30)27(32)21(23)4/h11-12,19-20,24-28,31-32H,4,6-10,13-18H2,1-3,5H3/b22-11?,23-12-/t20-,24-,25?,26-,27+,28+,29-/m1/s1. The third-order valence-electron chi connectivity index (χ3n) is 8.94. The van der Waals surface area contributed by atoms with Crippen molar-refractivity contribution in [2.75, 3.05) is 11.9 Å². The Morgan fingerprint density at radius 3 is 2.64 bits per heavy atom. The van der Waals surface area contributed by atoms with Crippen LogP contribution in [-0.2, 0) is 4.74 Å². The van der Waals surface area contributed by atoms with E-state index in [1.54, 1.807) is 5.57 Å². The summed E-state index contributed by atoms with van der Waals surface area (Å²) in [7, 11) is 0. The first kappa shape index (κ1) is 27.2. The van der Waals surface area contributed by atoms with Gasteiger partial charge in [-0.25, -0.2) is 0 Å². The van der Waals surface area contributed by atoms with Crippen molar-refractivity contribution in [1.82, 2.24) is 0 Å². The molecule has 4 heteroatoms. The van der Waals surface area contributed by atoms with E-state index in [0.29, 0.717) is 35.3 Å². The molecule has 0 aromatic heterocycles. The molecule has 2 N–H and O–H groups in total. The van der Waals surface area contributed by atoms with Crippen LogP contribution in [0.4, 0.5) is 0 Å². The van der Waals surface area contributed by atoms with Gasteiger partial charge in [0.05, 0.1) is 12.7 Å². The van der Waals surface area contributed by atoms with Gasteiger partial charge in [-0.2, -0.15) is 0 Å². The summed E-state index contributed by atoms with van der Waals surface area (Å²) in [5.74, 6) is 3.10. The number of ether oxygens (including phenoxy) is 1. The number of allylic oxidation sites excluding steroid dienone is 3. The molecule has 0 heterocycles. The molecule has 0 radical (unpaired) electrons. The number of hydrogen-bond donors (Lipinski definition) is 2. The summed E-state index contributed by atoms with van der Waals surface area (Å²) >= 11 is 3.34. The van der Waals surface area contributed by atoms with Gasteiger partial charge >= 0.3 is 0 Å². The van der Waals surface area contributed by atoms with Crippen molar-refractivity contribution in [3.63, 3.8) is 0 Å². The van der Waals surface area contributed by atoms with E-state index in [9.17, 15) is 10.2 Å². The molecule has 3 aliphatic rings. The van der Waals surface area contributed by atoms with E-state index in [0.717, 1.165) is 23.3 Å². The highest BCUT2D eigenvalue weighted by Crippen LogP contribution is 2.60. The molecule has 3 rings (SSSR count). The molecule has 188 valence electrons. The Morgan fingerprint density at radius 1 is 1.18 bits per heavy atom. The zero-order chi connectivity index (χ0) is 24.2. The third-order valence-corrected chi connectivity index (χ3v) is 9.26. The predicted octanol–water partition coefficient (Wildman–Crippen LogP) is 6.98. The lowest BCUT2D eigenvalue weighted by atomic mass is 9.60. The lowest BCUT2D eigenvalue weighted by Crippen LogP contribution is -2.45. The maximum Gasteiger partial charge on any atom is 0.114 e. The molecule has 0 aromatic carbocycles. The van der Waals surface area contributed by atoms with Crippen molar-refractivity contribution in [3.8, 4) is 0 Å². The Morgan fingerprint density at radius 2 is 1.94 bits per heavy atom. The van der Waals surface area contributed by atoms with Crippen LogP contribution in [0.25, 0.3) is 0 Å². The van der Waals surface area contributed by atoms with Gasteiger partial charge < -0.3 is 14.9 Å². The van der Waals surface area contributed by atoms with E-state index >= 15 is 0 Å². The molecule has 0 spiro atoms. The van der Waals surface area contributed by atoms with Crippen LogP contribution >= 0.6 is 15.9 Å². The Labute approximate surface area is 210 Å². The summed E-state index contributed by atoms with van der Waals surface area (Å²) in [5, 5.41) is 21.9. The molecule has 0 bridgehead atoms. The number of halogens is 1. The normalized spacial score (nSPS) is 38.3. The van der Waals surface area contributed by atoms with Crippen LogP contribution in [0.3, 0.4) is 0 Å². The SMILES string of the molecule is C=C1/C(=C\C=C2CCC[C@@]3(C)C2CC[C@@H]3[C@H](C)CCCC(C)C)C[C@@H](O)[C@H](OCCBr)[C@H]1O. The van der Waals surface area contributed by atoms with Gasteiger partial charge in [-0.05, 0) is 72.3 Å². The van der Waals surface area contributed by atoms with Gasteiger partial charge in [-0.15, -0.1) is 0 Å². The summed E-state index contributed by atoms with van der Waals surface area (Å²) < 4.78 is 5.66. The third kappa shape index (κ3) is 6.23. The van der Waals surface area contributed by atoms with E-state index in [-0.39, 0.29) is 0 Å². The van der Waals surface area contributed by atoms with E-state index in [1.165, 1.54) is 51.4 Å². The number of aliphatic hydroxyl groups excluding tert-OH is 2. The van der Waals surface area contributed by atoms with Crippen LogP contribution in [0.15, 0.2) is 35.5 Å². The number of fused-ring (bicyclic) bond motifs is 1. The molecule has 3 nitrogen and oxygen atoms in total. The first-order valence-electron chi connectivity index (χ1n) is 13.3. The Balaban J connectivity index is 1.70. The highest BCUT2D eigenvalue weighted by molar-refractivity contribution is 9.09. The van der Waals surface area contributed by atoms with Crippen LogP contribution in [0.2, 0.25) is 0 Å². The van der Waals surface area contributed by atoms with Crippen molar-refractivity contribution >= 4 is 15.9 Å². The van der Waals surface area contributed by atoms with Crippen LogP contribution in [0.1, 0.15) is 85.5 Å². The molecule has 0 amide bonds. The molecule has 33 heavy (non-hydrogen) atoms. The molecule has 0 aromatic rings. The fourth-order valence-corrected chi connectivity index (χ4v) is 7.29. The highest BCUT2D eigenvalue weighted by Gasteiger charge is 2.50. The molecular weight excluding hydrogens is 476 g/mol. The van der Waals surface area contributed by atoms with Crippen molar-refractivity contribution in [1.29, 1.82) is 0 Å². The molecule has 1 unspecified atom stereocenters. The Hall–Kier alpha value is -0.420. The molecule has 7 atom stereocenters. The fourth-order valence-electron chi connectivity index (χ4n) is 7.10. The average molecular weight is 524 g/mol. The second kappa shape index (κ2) is 12.0. The van der Waals surface area contributed by atoms with Gasteiger partial charge in [-0.1, -0.05) is 87.2 Å². The molecule has 0 saturated heterocycles. The van der Waals surface area contributed by atoms with Crippen LogP contribution in [0, 0.1) is 29.1 Å². The van der Waals surface area contributed by atoms with Crippen molar-refractivity contribution in [2.45, 2.75) is 104 Å². The number of alkyl halides is 1. The lowest BCUT2D eigenvalue weighted by molar-refractivity contribution is -0.0904. The van der Waals surface area contributed by atoms with E-state index < -0.39 is 18.3 Å². The van der Waals surface area contributed by atoms with Gasteiger partial charge in [-0.3, -0.25) is 0 Å². The summed E-state index contributed by atoms with van der Waals surface area (Å²) in [6, 6.07) is 0. The van der Waals surface area contributed by atoms with Crippen molar-refractivity contribution < 1.29 is 14.9 Å². The first-order valence-corrected chi connectivity index (χ1v) is 14.4. The largest absolute Gasteiger partial charge is 0.390 e. The maximum absolute atomic E-state index is 10.7. The topological polar surface area (TPSA) is 49.7 Å².